The molecule has 4 rings (SSSR count). The molecule has 0 spiro atoms. The number of hydrogen-bond donors (Lipinski definition) is 2. The van der Waals surface area contributed by atoms with Gasteiger partial charge in [0.05, 0.1) is 16.1 Å². The molecule has 134 valence electrons. The first kappa shape index (κ1) is 17.1. The topological polar surface area (TPSA) is 75.4 Å². The van der Waals surface area contributed by atoms with Crippen molar-refractivity contribution in [2.75, 3.05) is 5.32 Å². The largest absolute Gasteiger partial charge is 0.507 e. The number of halogens is 1. The number of aromatic hydroxyl groups is 1. The van der Waals surface area contributed by atoms with Crippen molar-refractivity contribution in [3.05, 3.63) is 76.8 Å². The van der Waals surface area contributed by atoms with Crippen LogP contribution in [0.15, 0.2) is 65.1 Å². The lowest BCUT2D eigenvalue weighted by atomic mass is 10.1. The summed E-state index contributed by atoms with van der Waals surface area (Å²) in [6, 6.07) is 17.2. The first-order valence-electron chi connectivity index (χ1n) is 8.28. The maximum absolute atomic E-state index is 12.3. The van der Waals surface area contributed by atoms with Gasteiger partial charge in [-0.3, -0.25) is 4.79 Å². The minimum absolute atomic E-state index is 0.0461. The van der Waals surface area contributed by atoms with E-state index in [0.717, 1.165) is 11.1 Å². The smallest absolute Gasteiger partial charge is 0.257 e. The molecule has 1 aromatic heterocycles. The van der Waals surface area contributed by atoms with Gasteiger partial charge >= 0.3 is 0 Å². The Balaban J connectivity index is 1.62. The number of anilines is 1. The van der Waals surface area contributed by atoms with Crippen molar-refractivity contribution >= 4 is 34.3 Å². The molecular formula is C21H15ClN2O3. The maximum atomic E-state index is 12.3. The van der Waals surface area contributed by atoms with Crippen molar-refractivity contribution < 1.29 is 14.3 Å². The van der Waals surface area contributed by atoms with Crippen LogP contribution in [0.5, 0.6) is 5.75 Å². The number of hydrogen-bond acceptors (Lipinski definition) is 4. The lowest BCUT2D eigenvalue weighted by Gasteiger charge is -2.08. The zero-order valence-corrected chi connectivity index (χ0v) is 15.1. The number of phenols is 1. The van der Waals surface area contributed by atoms with Crippen LogP contribution < -0.4 is 5.32 Å². The molecule has 0 aliphatic rings. The molecule has 2 N–H and O–H groups in total. The summed E-state index contributed by atoms with van der Waals surface area (Å²) >= 11 is 6.04. The summed E-state index contributed by atoms with van der Waals surface area (Å²) in [6.45, 7) is 1.97. The van der Waals surface area contributed by atoms with E-state index in [-0.39, 0.29) is 11.7 Å². The molecule has 3 aromatic carbocycles. The molecule has 0 unspecified atom stereocenters. The molecule has 6 heteroatoms. The van der Waals surface area contributed by atoms with Crippen LogP contribution in [0, 0.1) is 6.92 Å². The zero-order chi connectivity index (χ0) is 19.0. The number of aryl methyl sites for hydroxylation is 1. The van der Waals surface area contributed by atoms with E-state index in [1.807, 2.05) is 25.1 Å². The molecule has 0 saturated heterocycles. The zero-order valence-electron chi connectivity index (χ0n) is 14.4. The SMILES string of the molecule is Cc1ccc2oc(-c3ccc(NC(=O)c4ccccc4Cl)cc3O)nc2c1. The summed E-state index contributed by atoms with van der Waals surface area (Å²) in [6.07, 6.45) is 0. The van der Waals surface area contributed by atoms with Crippen molar-refractivity contribution in [3.8, 4) is 17.2 Å². The Bertz CT molecular complexity index is 1170. The van der Waals surface area contributed by atoms with Crippen molar-refractivity contribution in [3.63, 3.8) is 0 Å². The summed E-state index contributed by atoms with van der Waals surface area (Å²) in [5, 5.41) is 13.5. The molecule has 0 radical (unpaired) electrons. The normalized spacial score (nSPS) is 10.9. The van der Waals surface area contributed by atoms with Crippen LogP contribution in [0.1, 0.15) is 15.9 Å². The van der Waals surface area contributed by atoms with Gasteiger partial charge in [-0.15, -0.1) is 0 Å². The Morgan fingerprint density at radius 2 is 1.93 bits per heavy atom. The Morgan fingerprint density at radius 1 is 1.11 bits per heavy atom. The number of oxazole rings is 1. The molecule has 27 heavy (non-hydrogen) atoms. The number of fused-ring (bicyclic) bond motifs is 1. The fourth-order valence-corrected chi connectivity index (χ4v) is 3.01. The molecule has 1 amide bonds. The average Bonchev–Trinajstić information content (AvgIpc) is 3.04. The maximum Gasteiger partial charge on any atom is 0.257 e. The van der Waals surface area contributed by atoms with Gasteiger partial charge in [-0.25, -0.2) is 4.98 Å². The number of carbonyl (C=O) groups is 1. The number of phenolic OH excluding ortho intramolecular Hbond substituents is 1. The van der Waals surface area contributed by atoms with Gasteiger partial charge < -0.3 is 14.8 Å². The average molecular weight is 379 g/mol. The second kappa shape index (κ2) is 6.78. The van der Waals surface area contributed by atoms with E-state index in [9.17, 15) is 9.90 Å². The summed E-state index contributed by atoms with van der Waals surface area (Å²) < 4.78 is 5.72. The van der Waals surface area contributed by atoms with E-state index < -0.39 is 0 Å². The van der Waals surface area contributed by atoms with Crippen molar-refractivity contribution in [2.45, 2.75) is 6.92 Å². The minimum Gasteiger partial charge on any atom is -0.507 e. The molecule has 1 heterocycles. The first-order chi connectivity index (χ1) is 13.0. The lowest BCUT2D eigenvalue weighted by Crippen LogP contribution is -2.12. The van der Waals surface area contributed by atoms with Crippen LogP contribution in [-0.4, -0.2) is 16.0 Å². The van der Waals surface area contributed by atoms with Crippen LogP contribution in [0.2, 0.25) is 5.02 Å². The number of amides is 1. The third-order valence-corrected chi connectivity index (χ3v) is 4.48. The van der Waals surface area contributed by atoms with Gasteiger partial charge in [0.1, 0.15) is 11.3 Å². The molecule has 4 aromatic rings. The van der Waals surface area contributed by atoms with Crippen LogP contribution in [0.4, 0.5) is 5.69 Å². The third-order valence-electron chi connectivity index (χ3n) is 4.15. The number of carbonyl (C=O) groups excluding carboxylic acids is 1. The minimum atomic E-state index is -0.356. The molecular weight excluding hydrogens is 364 g/mol. The Hall–Kier alpha value is -3.31. The summed E-state index contributed by atoms with van der Waals surface area (Å²) in [7, 11) is 0. The third kappa shape index (κ3) is 3.37. The quantitative estimate of drug-likeness (QED) is 0.499. The van der Waals surface area contributed by atoms with Gasteiger partial charge in [0.25, 0.3) is 5.91 Å². The number of rotatable bonds is 3. The molecule has 0 bridgehead atoms. The van der Waals surface area contributed by atoms with Gasteiger partial charge in [0.15, 0.2) is 5.58 Å². The highest BCUT2D eigenvalue weighted by Crippen LogP contribution is 2.33. The van der Waals surface area contributed by atoms with Crippen molar-refractivity contribution in [2.24, 2.45) is 0 Å². The van der Waals surface area contributed by atoms with Crippen LogP contribution in [-0.2, 0) is 0 Å². The highest BCUT2D eigenvalue weighted by Gasteiger charge is 2.15. The van der Waals surface area contributed by atoms with E-state index in [2.05, 4.69) is 10.3 Å². The fraction of sp³-hybridized carbons (Fsp3) is 0.0476. The molecule has 5 nitrogen and oxygen atoms in total. The first-order valence-corrected chi connectivity index (χ1v) is 8.65. The number of nitrogens with one attached hydrogen (secondary N) is 1. The molecule has 0 saturated carbocycles. The van der Waals surface area contributed by atoms with Gasteiger partial charge in [-0.1, -0.05) is 29.8 Å². The number of aromatic nitrogens is 1. The molecule has 0 atom stereocenters. The Labute approximate surface area is 160 Å². The van der Waals surface area contributed by atoms with Crippen LogP contribution in [0.3, 0.4) is 0 Å². The van der Waals surface area contributed by atoms with Crippen LogP contribution in [0.25, 0.3) is 22.6 Å². The molecule has 0 fully saturated rings. The molecule has 0 aliphatic carbocycles. The number of benzene rings is 3. The van der Waals surface area contributed by atoms with E-state index in [1.165, 1.54) is 6.07 Å². The Morgan fingerprint density at radius 3 is 2.70 bits per heavy atom. The highest BCUT2D eigenvalue weighted by atomic mass is 35.5. The molecule has 0 aliphatic heterocycles. The van der Waals surface area contributed by atoms with Gasteiger partial charge in [0.2, 0.25) is 5.89 Å². The van der Waals surface area contributed by atoms with Gasteiger partial charge in [-0.05, 0) is 48.9 Å². The lowest BCUT2D eigenvalue weighted by molar-refractivity contribution is 0.102. The van der Waals surface area contributed by atoms with Gasteiger partial charge in [0, 0.05) is 11.8 Å². The van der Waals surface area contributed by atoms with Crippen molar-refractivity contribution in [1.29, 1.82) is 0 Å². The summed E-state index contributed by atoms with van der Waals surface area (Å²) in [5.41, 5.74) is 3.68. The second-order valence-corrected chi connectivity index (χ2v) is 6.56. The standard InChI is InChI=1S/C21H15ClN2O3/c1-12-6-9-19-17(10-12)24-21(27-19)15-8-7-13(11-18(15)25)23-20(26)14-4-2-3-5-16(14)22/h2-11,25H,1H3,(H,23,26). The second-order valence-electron chi connectivity index (χ2n) is 6.16. The van der Waals surface area contributed by atoms with Crippen molar-refractivity contribution in [1.82, 2.24) is 4.98 Å². The monoisotopic (exact) mass is 378 g/mol. The van der Waals surface area contributed by atoms with Gasteiger partial charge in [-0.2, -0.15) is 0 Å². The highest BCUT2D eigenvalue weighted by molar-refractivity contribution is 6.34. The fourth-order valence-electron chi connectivity index (χ4n) is 2.79. The Kier molecular flexibility index (Phi) is 4.30. The summed E-state index contributed by atoms with van der Waals surface area (Å²) in [5.74, 6) is -0.0857. The van der Waals surface area contributed by atoms with Crippen LogP contribution >= 0.6 is 11.6 Å². The summed E-state index contributed by atoms with van der Waals surface area (Å²) in [4.78, 5) is 16.8. The van der Waals surface area contributed by atoms with E-state index in [1.54, 1.807) is 36.4 Å². The predicted molar refractivity (Wildman–Crippen MR) is 105 cm³/mol. The number of nitrogens with zero attached hydrogens (tertiary/aromatic N) is 1. The van der Waals surface area contributed by atoms with E-state index >= 15 is 0 Å². The predicted octanol–water partition coefficient (Wildman–Crippen LogP) is 5.41. The van der Waals surface area contributed by atoms with E-state index in [0.29, 0.717) is 33.3 Å². The van der Waals surface area contributed by atoms with E-state index in [4.69, 9.17) is 16.0 Å².